The molecule has 0 radical (unpaired) electrons. The number of halogens is 3. The maximum absolute atomic E-state index is 13.9. The molecule has 0 bridgehead atoms. The molecule has 0 aromatic heterocycles. The third kappa shape index (κ3) is 4.15. The number of nitrogens with zero attached hydrogens (tertiary/aromatic N) is 1. The van der Waals surface area contributed by atoms with Crippen molar-refractivity contribution < 1.29 is 30.0 Å². The van der Waals surface area contributed by atoms with Crippen LogP contribution in [-0.4, -0.2) is 34.2 Å². The smallest absolute Gasteiger partial charge is 0.264 e. The van der Waals surface area contributed by atoms with Gasteiger partial charge >= 0.3 is 0 Å². The third-order valence-electron chi connectivity index (χ3n) is 4.09. The van der Waals surface area contributed by atoms with Crippen molar-refractivity contribution in [3.05, 3.63) is 53.3 Å². The highest BCUT2D eigenvalue weighted by atomic mass is 32.2. The lowest BCUT2D eigenvalue weighted by Gasteiger charge is -2.19. The van der Waals surface area contributed by atoms with E-state index in [9.17, 15) is 30.0 Å². The Balaban J connectivity index is 2.51. The largest absolute Gasteiger partial charge is 0.279 e. The van der Waals surface area contributed by atoms with Crippen molar-refractivity contribution in [3.8, 4) is 0 Å². The summed E-state index contributed by atoms with van der Waals surface area (Å²) in [6.07, 6.45) is 0. The maximum atomic E-state index is 13.9. The Kier molecular flexibility index (Phi) is 6.41. The number of aryl methyl sites for hydroxylation is 1. The van der Waals surface area contributed by atoms with Gasteiger partial charge in [0, 0.05) is 13.1 Å². The number of anilines is 1. The molecule has 0 aliphatic carbocycles. The summed E-state index contributed by atoms with van der Waals surface area (Å²) in [7, 11) is -8.51. The average Bonchev–Trinajstić information content (AvgIpc) is 2.61. The fraction of sp³-hybridized carbons (Fsp3) is 0.294. The molecule has 0 fully saturated rings. The first-order chi connectivity index (χ1) is 13.0. The second-order valence-corrected chi connectivity index (χ2v) is 9.43. The second-order valence-electron chi connectivity index (χ2n) is 5.85. The van der Waals surface area contributed by atoms with Crippen LogP contribution in [0.5, 0.6) is 0 Å². The molecule has 0 amide bonds. The molecule has 0 unspecified atom stereocenters. The zero-order valence-electron chi connectivity index (χ0n) is 15.3. The predicted molar refractivity (Wildman–Crippen MR) is 98.4 cm³/mol. The Morgan fingerprint density at radius 1 is 0.929 bits per heavy atom. The summed E-state index contributed by atoms with van der Waals surface area (Å²) in [4.78, 5) is -1.26. The lowest BCUT2D eigenvalue weighted by molar-refractivity contribution is 0.432. The van der Waals surface area contributed by atoms with Gasteiger partial charge in [0.25, 0.3) is 10.0 Å². The van der Waals surface area contributed by atoms with E-state index in [4.69, 9.17) is 0 Å². The van der Waals surface area contributed by atoms with Crippen molar-refractivity contribution in [1.29, 1.82) is 0 Å². The molecule has 0 atom stereocenters. The van der Waals surface area contributed by atoms with Crippen molar-refractivity contribution in [1.82, 2.24) is 4.31 Å². The molecule has 0 saturated carbocycles. The summed E-state index contributed by atoms with van der Waals surface area (Å²) in [5, 5.41) is 0. The molecule has 154 valence electrons. The van der Waals surface area contributed by atoms with Gasteiger partial charge in [-0.05, 0) is 36.8 Å². The molecule has 2 rings (SSSR count). The van der Waals surface area contributed by atoms with E-state index < -0.39 is 42.4 Å². The highest BCUT2D eigenvalue weighted by Gasteiger charge is 2.26. The van der Waals surface area contributed by atoms with E-state index in [1.165, 1.54) is 23.4 Å². The van der Waals surface area contributed by atoms with E-state index in [-0.39, 0.29) is 23.7 Å². The van der Waals surface area contributed by atoms with E-state index in [0.29, 0.717) is 17.7 Å². The first-order valence-electron chi connectivity index (χ1n) is 8.22. The molecule has 0 spiro atoms. The van der Waals surface area contributed by atoms with Crippen LogP contribution in [0.3, 0.4) is 0 Å². The summed E-state index contributed by atoms with van der Waals surface area (Å²) < 4.78 is 93.7. The van der Waals surface area contributed by atoms with E-state index in [0.717, 1.165) is 6.07 Å². The molecule has 0 aliphatic rings. The molecule has 0 saturated heterocycles. The van der Waals surface area contributed by atoms with Gasteiger partial charge in [-0.3, -0.25) is 4.72 Å². The summed E-state index contributed by atoms with van der Waals surface area (Å²) in [6, 6.07) is 4.87. The first kappa shape index (κ1) is 22.2. The van der Waals surface area contributed by atoms with Gasteiger partial charge in [-0.2, -0.15) is 4.31 Å². The average molecular weight is 436 g/mol. The lowest BCUT2D eigenvalue weighted by Crippen LogP contribution is -2.30. The molecular formula is C17H19F3N2O4S2. The highest BCUT2D eigenvalue weighted by Crippen LogP contribution is 2.27. The Bertz CT molecular complexity index is 1100. The zero-order valence-corrected chi connectivity index (χ0v) is 17.0. The van der Waals surface area contributed by atoms with Gasteiger partial charge in [0.15, 0.2) is 17.5 Å². The summed E-state index contributed by atoms with van der Waals surface area (Å²) in [6.45, 7) is 5.25. The van der Waals surface area contributed by atoms with Gasteiger partial charge in [-0.1, -0.05) is 19.9 Å². The number of hydrogen-bond donors (Lipinski definition) is 1. The summed E-state index contributed by atoms with van der Waals surface area (Å²) in [5.41, 5.74) is 0.224. The van der Waals surface area contributed by atoms with Crippen LogP contribution in [-0.2, 0) is 20.0 Å². The Labute approximate surface area is 162 Å². The normalized spacial score (nSPS) is 12.4. The minimum Gasteiger partial charge on any atom is -0.279 e. The number of sulfonamides is 2. The van der Waals surface area contributed by atoms with Crippen LogP contribution in [0.4, 0.5) is 18.9 Å². The molecule has 0 heterocycles. The second kappa shape index (κ2) is 8.10. The van der Waals surface area contributed by atoms with Gasteiger partial charge < -0.3 is 0 Å². The minimum absolute atomic E-state index is 0.127. The molecule has 2 aromatic rings. The Morgan fingerprint density at radius 2 is 1.54 bits per heavy atom. The standard InChI is InChI=1S/C17H19F3N2O4S2/c1-4-22(5-2)28(25,26)12-7-6-11(3)14(10-12)21-27(23,24)15-9-8-13(18)16(19)17(15)20/h6-10,21H,4-5H2,1-3H3. The van der Waals surface area contributed by atoms with Gasteiger partial charge in [-0.15, -0.1) is 0 Å². The quantitative estimate of drug-likeness (QED) is 0.676. The van der Waals surface area contributed by atoms with Crippen LogP contribution in [0.15, 0.2) is 40.1 Å². The van der Waals surface area contributed by atoms with Gasteiger partial charge in [0.2, 0.25) is 10.0 Å². The minimum atomic E-state index is -4.64. The predicted octanol–water partition coefficient (Wildman–Crippen LogP) is 3.24. The highest BCUT2D eigenvalue weighted by molar-refractivity contribution is 7.92. The third-order valence-corrected chi connectivity index (χ3v) is 7.51. The van der Waals surface area contributed by atoms with E-state index in [2.05, 4.69) is 0 Å². The van der Waals surface area contributed by atoms with E-state index in [1.54, 1.807) is 13.8 Å². The van der Waals surface area contributed by atoms with Crippen LogP contribution < -0.4 is 4.72 Å². The molecular weight excluding hydrogens is 417 g/mol. The number of hydrogen-bond acceptors (Lipinski definition) is 4. The molecule has 6 nitrogen and oxygen atoms in total. The van der Waals surface area contributed by atoms with Crippen LogP contribution in [0.2, 0.25) is 0 Å². The summed E-state index contributed by atoms with van der Waals surface area (Å²) >= 11 is 0. The SMILES string of the molecule is CCN(CC)S(=O)(=O)c1ccc(C)c(NS(=O)(=O)c2ccc(F)c(F)c2F)c1. The van der Waals surface area contributed by atoms with E-state index in [1.807, 2.05) is 4.72 Å². The maximum Gasteiger partial charge on any atom is 0.264 e. The molecule has 28 heavy (non-hydrogen) atoms. The topological polar surface area (TPSA) is 83.6 Å². The summed E-state index contributed by atoms with van der Waals surface area (Å²) in [5.74, 6) is -5.31. The van der Waals surface area contributed by atoms with Crippen LogP contribution in [0.1, 0.15) is 19.4 Å². The number of benzene rings is 2. The monoisotopic (exact) mass is 436 g/mol. The first-order valence-corrected chi connectivity index (χ1v) is 11.1. The van der Waals surface area contributed by atoms with Crippen LogP contribution in [0, 0.1) is 24.4 Å². The Morgan fingerprint density at radius 3 is 2.11 bits per heavy atom. The fourth-order valence-electron chi connectivity index (χ4n) is 2.50. The Hall–Kier alpha value is -2.11. The zero-order chi connectivity index (χ0) is 21.3. The number of rotatable bonds is 7. The van der Waals surface area contributed by atoms with Gasteiger partial charge in [-0.25, -0.2) is 30.0 Å². The van der Waals surface area contributed by atoms with Gasteiger partial charge in [0.1, 0.15) is 4.90 Å². The molecule has 1 N–H and O–H groups in total. The fourth-order valence-corrected chi connectivity index (χ4v) is 5.18. The molecule has 0 aliphatic heterocycles. The van der Waals surface area contributed by atoms with Crippen molar-refractivity contribution in [2.24, 2.45) is 0 Å². The molecule has 11 heteroatoms. The van der Waals surface area contributed by atoms with Crippen molar-refractivity contribution in [2.45, 2.75) is 30.6 Å². The lowest BCUT2D eigenvalue weighted by atomic mass is 10.2. The van der Waals surface area contributed by atoms with Crippen molar-refractivity contribution >= 4 is 25.7 Å². The van der Waals surface area contributed by atoms with Crippen molar-refractivity contribution in [2.75, 3.05) is 17.8 Å². The van der Waals surface area contributed by atoms with Crippen LogP contribution >= 0.6 is 0 Å². The van der Waals surface area contributed by atoms with Crippen LogP contribution in [0.25, 0.3) is 0 Å². The van der Waals surface area contributed by atoms with E-state index >= 15 is 0 Å². The van der Waals surface area contributed by atoms with Gasteiger partial charge in [0.05, 0.1) is 10.6 Å². The molecule has 2 aromatic carbocycles. The number of nitrogens with one attached hydrogen (secondary N) is 1. The van der Waals surface area contributed by atoms with Crippen molar-refractivity contribution in [3.63, 3.8) is 0 Å².